The Kier molecular flexibility index (Phi) is 6.10. The van der Waals surface area contributed by atoms with E-state index in [1.807, 2.05) is 18.2 Å². The van der Waals surface area contributed by atoms with Crippen LogP contribution in [0.15, 0.2) is 30.3 Å². The molecule has 0 N–H and O–H groups in total. The van der Waals surface area contributed by atoms with E-state index in [1.54, 1.807) is 0 Å². The van der Waals surface area contributed by atoms with E-state index in [9.17, 15) is 0 Å². The summed E-state index contributed by atoms with van der Waals surface area (Å²) in [6.07, 6.45) is 3.35. The van der Waals surface area contributed by atoms with Crippen molar-refractivity contribution in [3.8, 4) is 0 Å². The maximum atomic E-state index is 6.74. The van der Waals surface area contributed by atoms with Gasteiger partial charge in [0.05, 0.1) is 0 Å². The van der Waals surface area contributed by atoms with Gasteiger partial charge in [0.2, 0.25) is 0 Å². The first kappa shape index (κ1) is 13.8. The highest BCUT2D eigenvalue weighted by atomic mass is 35.6. The number of hydrogen-bond donors (Lipinski definition) is 0. The van der Waals surface area contributed by atoms with Crippen LogP contribution in [0.3, 0.4) is 0 Å². The summed E-state index contributed by atoms with van der Waals surface area (Å²) in [6.45, 7) is 5.08. The third-order valence-corrected chi connectivity index (χ3v) is 6.99. The highest BCUT2D eigenvalue weighted by molar-refractivity contribution is 7.23. The molecule has 1 aromatic rings. The lowest BCUT2D eigenvalue weighted by Crippen LogP contribution is -2.45. The number of halogens is 1. The third kappa shape index (κ3) is 3.93. The average Bonchev–Trinajstić information content (AvgIpc) is 2.35. The summed E-state index contributed by atoms with van der Waals surface area (Å²) in [5.74, 6) is 0. The fourth-order valence-electron chi connectivity index (χ4n) is 1.65. The monoisotopic (exact) mass is 256 g/mol. The topological polar surface area (TPSA) is 9.23 Å². The zero-order valence-electron chi connectivity index (χ0n) is 10.2. The molecule has 0 aliphatic heterocycles. The van der Waals surface area contributed by atoms with E-state index >= 15 is 0 Å². The van der Waals surface area contributed by atoms with Crippen molar-refractivity contribution in [2.24, 2.45) is 0 Å². The van der Waals surface area contributed by atoms with Gasteiger partial charge in [-0.05, 0) is 17.7 Å². The molecule has 0 saturated carbocycles. The van der Waals surface area contributed by atoms with E-state index in [-0.39, 0.29) is 0 Å². The van der Waals surface area contributed by atoms with Crippen molar-refractivity contribution in [3.05, 3.63) is 30.3 Å². The molecule has 0 radical (unpaired) electrons. The summed E-state index contributed by atoms with van der Waals surface area (Å²) >= 11 is 6.74. The zero-order valence-corrected chi connectivity index (χ0v) is 12.0. The van der Waals surface area contributed by atoms with Crippen LogP contribution < -0.4 is 5.19 Å². The molecule has 0 aromatic heterocycles. The summed E-state index contributed by atoms with van der Waals surface area (Å²) < 4.78 is 5.97. The fraction of sp³-hybridized carbons (Fsp3) is 0.538. The number of unbranched alkanes of at least 4 members (excludes halogenated alkanes) is 1. The predicted octanol–water partition coefficient (Wildman–Crippen LogP) is 3.80. The van der Waals surface area contributed by atoms with E-state index < -0.39 is 7.63 Å². The largest absolute Gasteiger partial charge is 0.400 e. The van der Waals surface area contributed by atoms with Crippen molar-refractivity contribution in [1.29, 1.82) is 0 Å². The van der Waals surface area contributed by atoms with Crippen LogP contribution in [-0.2, 0) is 4.43 Å². The Hall–Kier alpha value is -0.313. The van der Waals surface area contributed by atoms with Crippen LogP contribution >= 0.6 is 11.1 Å². The molecule has 1 unspecified atom stereocenters. The molecule has 0 fully saturated rings. The zero-order chi connectivity index (χ0) is 11.9. The molecule has 0 spiro atoms. The van der Waals surface area contributed by atoms with Crippen LogP contribution in [0.4, 0.5) is 0 Å². The van der Waals surface area contributed by atoms with E-state index in [4.69, 9.17) is 15.5 Å². The van der Waals surface area contributed by atoms with Crippen molar-refractivity contribution >= 4 is 23.9 Å². The summed E-state index contributed by atoms with van der Waals surface area (Å²) in [5.41, 5.74) is 0. The summed E-state index contributed by atoms with van der Waals surface area (Å²) in [6, 6.07) is 11.3. The summed E-state index contributed by atoms with van der Waals surface area (Å²) in [7, 11) is -2.20. The van der Waals surface area contributed by atoms with Gasteiger partial charge in [-0.15, -0.1) is 11.1 Å². The molecule has 0 amide bonds. The van der Waals surface area contributed by atoms with E-state index in [0.29, 0.717) is 0 Å². The van der Waals surface area contributed by atoms with Crippen LogP contribution in [0.5, 0.6) is 0 Å². The third-order valence-electron chi connectivity index (χ3n) is 2.59. The van der Waals surface area contributed by atoms with Crippen LogP contribution in [0.25, 0.3) is 0 Å². The molecule has 3 heteroatoms. The van der Waals surface area contributed by atoms with Gasteiger partial charge in [0.15, 0.2) is 0 Å². The van der Waals surface area contributed by atoms with Crippen LogP contribution in [0.1, 0.15) is 33.1 Å². The van der Waals surface area contributed by atoms with Crippen LogP contribution in [0.2, 0.25) is 6.04 Å². The minimum absolute atomic E-state index is 0.772. The van der Waals surface area contributed by atoms with Gasteiger partial charge in [0, 0.05) is 6.61 Å². The van der Waals surface area contributed by atoms with Crippen molar-refractivity contribution in [1.82, 2.24) is 0 Å². The molecule has 0 saturated heterocycles. The van der Waals surface area contributed by atoms with Crippen molar-refractivity contribution in [3.63, 3.8) is 0 Å². The molecular weight excluding hydrogens is 236 g/mol. The second kappa shape index (κ2) is 7.10. The minimum atomic E-state index is -2.20. The first-order valence-electron chi connectivity index (χ1n) is 6.11. The molecule has 1 rings (SSSR count). The Balaban J connectivity index is 2.77. The maximum absolute atomic E-state index is 6.74. The van der Waals surface area contributed by atoms with Crippen molar-refractivity contribution in [2.75, 3.05) is 6.61 Å². The Labute approximate surface area is 105 Å². The lowest BCUT2D eigenvalue weighted by Gasteiger charge is -2.24. The molecular formula is C13H21ClOSi. The van der Waals surface area contributed by atoms with Gasteiger partial charge in [0.25, 0.3) is 0 Å². The molecule has 1 atom stereocenters. The van der Waals surface area contributed by atoms with Gasteiger partial charge in [-0.2, -0.15) is 0 Å². The van der Waals surface area contributed by atoms with Gasteiger partial charge < -0.3 is 4.43 Å². The number of hydrogen-bond acceptors (Lipinski definition) is 1. The molecule has 1 aromatic carbocycles. The quantitative estimate of drug-likeness (QED) is 0.533. The van der Waals surface area contributed by atoms with Gasteiger partial charge in [0.1, 0.15) is 0 Å². The second-order valence-corrected chi connectivity index (χ2v) is 8.70. The molecule has 0 heterocycles. The fourth-order valence-corrected chi connectivity index (χ4v) is 5.29. The summed E-state index contributed by atoms with van der Waals surface area (Å²) in [5, 5.41) is 1.21. The van der Waals surface area contributed by atoms with Gasteiger partial charge in [-0.1, -0.05) is 57.0 Å². The Morgan fingerprint density at radius 1 is 1.12 bits per heavy atom. The van der Waals surface area contributed by atoms with Crippen LogP contribution in [-0.4, -0.2) is 14.2 Å². The molecule has 16 heavy (non-hydrogen) atoms. The van der Waals surface area contributed by atoms with Gasteiger partial charge in [-0.3, -0.25) is 0 Å². The molecule has 90 valence electrons. The molecule has 0 aliphatic carbocycles. The maximum Gasteiger partial charge on any atom is 0.322 e. The number of benzene rings is 1. The lowest BCUT2D eigenvalue weighted by molar-refractivity contribution is 0.318. The Bertz CT molecular complexity index is 281. The van der Waals surface area contributed by atoms with Crippen molar-refractivity contribution in [2.45, 2.75) is 39.2 Å². The first-order chi connectivity index (χ1) is 7.73. The summed E-state index contributed by atoms with van der Waals surface area (Å²) in [4.78, 5) is 0. The first-order valence-corrected chi connectivity index (χ1v) is 9.24. The highest BCUT2D eigenvalue weighted by Crippen LogP contribution is 2.20. The molecule has 0 bridgehead atoms. The second-order valence-electron chi connectivity index (χ2n) is 4.05. The highest BCUT2D eigenvalue weighted by Gasteiger charge is 2.34. The lowest BCUT2D eigenvalue weighted by atomic mass is 10.4. The molecule has 1 nitrogen and oxygen atoms in total. The standard InChI is InChI=1S/C13H21ClOSi/c1-3-5-12-16(14,15-11-4-2)13-9-7-6-8-10-13/h6-10H,3-5,11-12H2,1-2H3. The predicted molar refractivity (Wildman–Crippen MR) is 73.6 cm³/mol. The Morgan fingerprint density at radius 3 is 2.38 bits per heavy atom. The van der Waals surface area contributed by atoms with E-state index in [1.165, 1.54) is 11.6 Å². The molecule has 0 aliphatic rings. The normalized spacial score (nSPS) is 14.7. The van der Waals surface area contributed by atoms with E-state index in [2.05, 4.69) is 26.0 Å². The minimum Gasteiger partial charge on any atom is -0.400 e. The van der Waals surface area contributed by atoms with Gasteiger partial charge >= 0.3 is 7.63 Å². The van der Waals surface area contributed by atoms with Crippen LogP contribution in [0, 0.1) is 0 Å². The average molecular weight is 257 g/mol. The Morgan fingerprint density at radius 2 is 1.81 bits per heavy atom. The number of rotatable bonds is 7. The van der Waals surface area contributed by atoms with E-state index in [0.717, 1.165) is 25.5 Å². The van der Waals surface area contributed by atoms with Gasteiger partial charge in [-0.25, -0.2) is 0 Å². The smallest absolute Gasteiger partial charge is 0.322 e. The SMILES string of the molecule is CCCC[Si](Cl)(OCCC)c1ccccc1. The van der Waals surface area contributed by atoms with Crippen molar-refractivity contribution < 1.29 is 4.43 Å².